The standard InChI is InChI=1S/C23H26N6O2/c1-14-19(21(30)25-17-8-6-7-9-18(17)31-5)20(29-22(24-14)26-27-28-29)15-10-12-16(13-11-15)23(2,3)4/h6-13,20H,1-5H3,(H,25,30)(H,24,26,28)/t20-/m1/s1. The van der Waals surface area contributed by atoms with Crippen LogP contribution in [-0.4, -0.2) is 33.2 Å². The second-order valence-electron chi connectivity index (χ2n) is 8.54. The third-order valence-corrected chi connectivity index (χ3v) is 5.41. The third-order valence-electron chi connectivity index (χ3n) is 5.41. The number of methoxy groups -OCH3 is 1. The predicted octanol–water partition coefficient (Wildman–Crippen LogP) is 3.91. The molecule has 0 unspecified atom stereocenters. The van der Waals surface area contributed by atoms with Crippen molar-refractivity contribution in [1.82, 2.24) is 20.2 Å². The summed E-state index contributed by atoms with van der Waals surface area (Å²) >= 11 is 0. The Bertz CT molecular complexity index is 1140. The number of amides is 1. The lowest BCUT2D eigenvalue weighted by atomic mass is 9.85. The fraction of sp³-hybridized carbons (Fsp3) is 0.304. The van der Waals surface area contributed by atoms with Crippen LogP contribution in [0.15, 0.2) is 59.8 Å². The Balaban J connectivity index is 1.75. The van der Waals surface area contributed by atoms with E-state index in [1.807, 2.05) is 31.2 Å². The number of carbonyl (C=O) groups excluding carboxylic acids is 1. The first-order valence-electron chi connectivity index (χ1n) is 10.1. The van der Waals surface area contributed by atoms with E-state index in [9.17, 15) is 4.79 Å². The molecule has 160 valence electrons. The summed E-state index contributed by atoms with van der Waals surface area (Å²) in [4.78, 5) is 13.4. The second-order valence-corrected chi connectivity index (χ2v) is 8.54. The molecule has 1 atom stereocenters. The van der Waals surface area contributed by atoms with Crippen LogP contribution >= 0.6 is 0 Å². The summed E-state index contributed by atoms with van der Waals surface area (Å²) in [5.74, 6) is 0.837. The van der Waals surface area contributed by atoms with Crippen LogP contribution < -0.4 is 15.4 Å². The number of rotatable bonds is 4. The van der Waals surface area contributed by atoms with Crippen LogP contribution in [-0.2, 0) is 10.2 Å². The monoisotopic (exact) mass is 418 g/mol. The van der Waals surface area contributed by atoms with Crippen LogP contribution in [0.3, 0.4) is 0 Å². The van der Waals surface area contributed by atoms with Crippen LogP contribution in [0.25, 0.3) is 0 Å². The maximum Gasteiger partial charge on any atom is 0.255 e. The van der Waals surface area contributed by atoms with Crippen molar-refractivity contribution >= 4 is 17.5 Å². The van der Waals surface area contributed by atoms with Gasteiger partial charge in [0.15, 0.2) is 0 Å². The number of allylic oxidation sites excluding steroid dienone is 1. The number of nitrogens with zero attached hydrogens (tertiary/aromatic N) is 4. The van der Waals surface area contributed by atoms with Crippen molar-refractivity contribution in [1.29, 1.82) is 0 Å². The van der Waals surface area contributed by atoms with Crippen molar-refractivity contribution < 1.29 is 9.53 Å². The molecule has 3 aromatic rings. The number of aromatic nitrogens is 4. The van der Waals surface area contributed by atoms with Gasteiger partial charge in [0.2, 0.25) is 5.95 Å². The van der Waals surface area contributed by atoms with E-state index >= 15 is 0 Å². The highest BCUT2D eigenvalue weighted by Gasteiger charge is 2.34. The zero-order valence-corrected chi connectivity index (χ0v) is 18.3. The Morgan fingerprint density at radius 2 is 1.84 bits per heavy atom. The number of benzene rings is 2. The number of fused-ring (bicyclic) bond motifs is 1. The van der Waals surface area contributed by atoms with Gasteiger partial charge in [-0.25, -0.2) is 0 Å². The highest BCUT2D eigenvalue weighted by Crippen LogP contribution is 2.36. The van der Waals surface area contributed by atoms with Gasteiger partial charge in [0.1, 0.15) is 11.8 Å². The molecule has 0 aliphatic carbocycles. The van der Waals surface area contributed by atoms with Crippen LogP contribution in [0.4, 0.5) is 11.6 Å². The first-order chi connectivity index (χ1) is 14.8. The molecule has 0 radical (unpaired) electrons. The Morgan fingerprint density at radius 3 is 2.52 bits per heavy atom. The molecule has 2 N–H and O–H groups in total. The number of anilines is 2. The average molecular weight is 419 g/mol. The van der Waals surface area contributed by atoms with Crippen molar-refractivity contribution in [3.05, 3.63) is 70.9 Å². The van der Waals surface area contributed by atoms with Gasteiger partial charge in [-0.1, -0.05) is 62.3 Å². The Hall–Kier alpha value is -3.68. The topological polar surface area (TPSA) is 94.0 Å². The highest BCUT2D eigenvalue weighted by atomic mass is 16.5. The fourth-order valence-electron chi connectivity index (χ4n) is 3.72. The molecule has 1 amide bonds. The number of ether oxygens (including phenoxy) is 1. The minimum Gasteiger partial charge on any atom is -0.495 e. The minimum absolute atomic E-state index is 0.0302. The lowest BCUT2D eigenvalue weighted by Crippen LogP contribution is -2.31. The minimum atomic E-state index is -0.463. The van der Waals surface area contributed by atoms with E-state index in [2.05, 4.69) is 59.1 Å². The van der Waals surface area contributed by atoms with Gasteiger partial charge in [-0.2, -0.15) is 4.68 Å². The number of hydrogen-bond donors (Lipinski definition) is 2. The molecule has 2 aromatic carbocycles. The first kappa shape index (κ1) is 20.6. The smallest absolute Gasteiger partial charge is 0.255 e. The largest absolute Gasteiger partial charge is 0.495 e. The maximum atomic E-state index is 13.4. The van der Waals surface area contributed by atoms with E-state index in [0.29, 0.717) is 28.7 Å². The summed E-state index contributed by atoms with van der Waals surface area (Å²) in [5.41, 5.74) is 3.99. The molecule has 0 bridgehead atoms. The van der Waals surface area contributed by atoms with Gasteiger partial charge in [-0.15, -0.1) is 0 Å². The molecular formula is C23H26N6O2. The molecule has 31 heavy (non-hydrogen) atoms. The molecule has 8 heteroatoms. The number of nitrogens with one attached hydrogen (secondary N) is 2. The lowest BCUT2D eigenvalue weighted by molar-refractivity contribution is -0.113. The van der Waals surface area contributed by atoms with Crippen LogP contribution in [0, 0.1) is 0 Å². The predicted molar refractivity (Wildman–Crippen MR) is 119 cm³/mol. The van der Waals surface area contributed by atoms with Gasteiger partial charge in [0, 0.05) is 5.70 Å². The summed E-state index contributed by atoms with van der Waals surface area (Å²) in [6.45, 7) is 8.36. The molecule has 0 fully saturated rings. The van der Waals surface area contributed by atoms with Gasteiger partial charge >= 0.3 is 0 Å². The van der Waals surface area contributed by atoms with Gasteiger partial charge in [0.25, 0.3) is 5.91 Å². The molecule has 0 saturated heterocycles. The summed E-state index contributed by atoms with van der Waals surface area (Å²) < 4.78 is 7.01. The van der Waals surface area contributed by atoms with Crippen LogP contribution in [0.5, 0.6) is 5.75 Å². The lowest BCUT2D eigenvalue weighted by Gasteiger charge is -2.28. The number of carbonyl (C=O) groups is 1. The second kappa shape index (κ2) is 7.86. The fourth-order valence-corrected chi connectivity index (χ4v) is 3.72. The van der Waals surface area contributed by atoms with Crippen molar-refractivity contribution in [2.24, 2.45) is 0 Å². The zero-order chi connectivity index (χ0) is 22.2. The molecule has 2 heterocycles. The van der Waals surface area contributed by atoms with E-state index in [-0.39, 0.29) is 11.3 Å². The quantitative estimate of drug-likeness (QED) is 0.667. The molecule has 1 aliphatic rings. The van der Waals surface area contributed by atoms with Crippen molar-refractivity contribution in [2.45, 2.75) is 39.2 Å². The molecule has 8 nitrogen and oxygen atoms in total. The number of hydrogen-bond acceptors (Lipinski definition) is 6. The summed E-state index contributed by atoms with van der Waals surface area (Å²) in [6, 6.07) is 15.1. The third kappa shape index (κ3) is 3.88. The molecule has 0 saturated carbocycles. The zero-order valence-electron chi connectivity index (χ0n) is 18.3. The molecule has 0 spiro atoms. The summed E-state index contributed by atoms with van der Waals surface area (Å²) in [6.07, 6.45) is 0. The molecule has 1 aromatic heterocycles. The van der Waals surface area contributed by atoms with Gasteiger partial charge < -0.3 is 15.4 Å². The van der Waals surface area contributed by atoms with E-state index in [4.69, 9.17) is 4.74 Å². The van der Waals surface area contributed by atoms with Crippen LogP contribution in [0.1, 0.15) is 44.9 Å². The van der Waals surface area contributed by atoms with E-state index in [1.165, 1.54) is 5.56 Å². The van der Waals surface area contributed by atoms with Crippen molar-refractivity contribution in [3.63, 3.8) is 0 Å². The highest BCUT2D eigenvalue weighted by molar-refractivity contribution is 6.06. The average Bonchev–Trinajstić information content (AvgIpc) is 3.20. The normalized spacial score (nSPS) is 15.8. The van der Waals surface area contributed by atoms with E-state index in [0.717, 1.165) is 5.56 Å². The Labute approximate surface area is 181 Å². The van der Waals surface area contributed by atoms with Gasteiger partial charge in [-0.3, -0.25) is 4.79 Å². The SMILES string of the molecule is COc1ccccc1NC(=O)C1=C(C)Nc2nnnn2[C@@H]1c1ccc(C(C)(C)C)cc1. The van der Waals surface area contributed by atoms with Crippen molar-refractivity contribution in [2.75, 3.05) is 17.7 Å². The first-order valence-corrected chi connectivity index (χ1v) is 10.1. The van der Waals surface area contributed by atoms with Gasteiger partial charge in [0.05, 0.1) is 18.4 Å². The maximum absolute atomic E-state index is 13.4. The Morgan fingerprint density at radius 1 is 1.13 bits per heavy atom. The Kier molecular flexibility index (Phi) is 5.22. The summed E-state index contributed by atoms with van der Waals surface area (Å²) in [7, 11) is 1.57. The van der Waals surface area contributed by atoms with Crippen molar-refractivity contribution in [3.8, 4) is 5.75 Å². The molecule has 1 aliphatic heterocycles. The van der Waals surface area contributed by atoms with E-state index in [1.54, 1.807) is 23.9 Å². The summed E-state index contributed by atoms with van der Waals surface area (Å²) in [5, 5.41) is 18.1. The number of para-hydroxylation sites is 2. The van der Waals surface area contributed by atoms with E-state index < -0.39 is 6.04 Å². The van der Waals surface area contributed by atoms with Crippen LogP contribution in [0.2, 0.25) is 0 Å². The number of tetrazole rings is 1. The molecular weight excluding hydrogens is 392 g/mol. The van der Waals surface area contributed by atoms with Gasteiger partial charge in [-0.05, 0) is 46.0 Å². The molecule has 4 rings (SSSR count).